The highest BCUT2D eigenvalue weighted by Gasteiger charge is 2.18. The monoisotopic (exact) mass is 336 g/mol. The Morgan fingerprint density at radius 3 is 2.57 bits per heavy atom. The maximum atomic E-state index is 11.9. The van der Waals surface area contributed by atoms with Crippen LogP contribution in [0.3, 0.4) is 0 Å². The third kappa shape index (κ3) is 5.17. The number of hydrogen-bond acceptors (Lipinski definition) is 6. The van der Waals surface area contributed by atoms with E-state index in [0.29, 0.717) is 0 Å². The molecule has 1 aromatic rings. The van der Waals surface area contributed by atoms with E-state index in [2.05, 4.69) is 10.0 Å². The third-order valence-corrected chi connectivity index (χ3v) is 3.39. The van der Waals surface area contributed by atoms with Gasteiger partial charge in [-0.15, -0.1) is 0 Å². The van der Waals surface area contributed by atoms with Crippen molar-refractivity contribution >= 4 is 38.9 Å². The van der Waals surface area contributed by atoms with Gasteiger partial charge in [0.15, 0.2) is 0 Å². The molecule has 0 fully saturated rings. The Morgan fingerprint density at radius 2 is 2.05 bits per heavy atom. The molecule has 0 atom stereocenters. The summed E-state index contributed by atoms with van der Waals surface area (Å²) in [5.74, 6) is -0.687. The Hall–Kier alpha value is -1.91. The van der Waals surface area contributed by atoms with Gasteiger partial charge in [0.25, 0.3) is 11.6 Å². The summed E-state index contributed by atoms with van der Waals surface area (Å²) >= 11 is 5.73. The lowest BCUT2D eigenvalue weighted by atomic mass is 10.1. The third-order valence-electron chi connectivity index (χ3n) is 2.34. The van der Waals surface area contributed by atoms with Crippen LogP contribution >= 0.6 is 11.6 Å². The number of non-ortho nitro benzene ring substituents is 1. The van der Waals surface area contributed by atoms with E-state index in [9.17, 15) is 23.3 Å². The Kier molecular flexibility index (Phi) is 5.47. The quantitative estimate of drug-likeness (QED) is 0.291. The molecule has 0 saturated carbocycles. The summed E-state index contributed by atoms with van der Waals surface area (Å²) in [6.07, 6.45) is 0.979. The summed E-state index contributed by atoms with van der Waals surface area (Å²) < 4.78 is 23.8. The molecular weight excluding hydrogens is 324 g/mol. The first-order chi connectivity index (χ1) is 9.61. The van der Waals surface area contributed by atoms with Crippen LogP contribution in [0.25, 0.3) is 0 Å². The van der Waals surface area contributed by atoms with Crippen LogP contribution < -0.4 is 15.8 Å². The van der Waals surface area contributed by atoms with Crippen molar-refractivity contribution in [3.63, 3.8) is 0 Å². The molecule has 0 bridgehead atoms. The average molecular weight is 337 g/mol. The van der Waals surface area contributed by atoms with Crippen LogP contribution in [0.5, 0.6) is 0 Å². The molecule has 1 rings (SSSR count). The molecule has 0 unspecified atom stereocenters. The van der Waals surface area contributed by atoms with E-state index in [1.807, 2.05) is 0 Å². The predicted molar refractivity (Wildman–Crippen MR) is 77.7 cm³/mol. The zero-order chi connectivity index (χ0) is 16.2. The van der Waals surface area contributed by atoms with Crippen molar-refractivity contribution in [3.8, 4) is 0 Å². The molecule has 0 aromatic heterocycles. The van der Waals surface area contributed by atoms with Crippen molar-refractivity contribution in [2.45, 2.75) is 0 Å². The van der Waals surface area contributed by atoms with Crippen LogP contribution in [0.2, 0.25) is 5.02 Å². The van der Waals surface area contributed by atoms with Crippen LogP contribution in [0.15, 0.2) is 12.1 Å². The van der Waals surface area contributed by atoms with Crippen LogP contribution in [0.4, 0.5) is 11.4 Å². The lowest BCUT2D eigenvalue weighted by molar-refractivity contribution is -0.384. The largest absolute Gasteiger partial charge is 0.397 e. The molecular formula is C10H13ClN4O5S. The first-order valence-corrected chi connectivity index (χ1v) is 7.85. The normalized spacial score (nSPS) is 11.1. The fraction of sp³-hybridized carbons (Fsp3) is 0.300. The second kappa shape index (κ2) is 6.70. The number of carbonyl (C=O) groups is 1. The minimum absolute atomic E-state index is 0.00828. The van der Waals surface area contributed by atoms with Gasteiger partial charge in [0.2, 0.25) is 10.0 Å². The molecule has 21 heavy (non-hydrogen) atoms. The molecule has 0 aliphatic rings. The van der Waals surface area contributed by atoms with Crippen molar-refractivity contribution in [1.82, 2.24) is 10.0 Å². The lowest BCUT2D eigenvalue weighted by Gasteiger charge is -2.09. The van der Waals surface area contributed by atoms with Gasteiger partial charge in [0.05, 0.1) is 27.5 Å². The number of halogens is 1. The number of rotatable bonds is 6. The standard InChI is InChI=1S/C10H13ClN4O5S/c1-21(19,20)14-3-2-13-10(16)7-4-6(15(17)18)5-8(11)9(7)12/h4-5,14H,2-3,12H2,1H3,(H,13,16). The fourth-order valence-corrected chi connectivity index (χ4v) is 2.09. The van der Waals surface area contributed by atoms with Crippen molar-refractivity contribution in [3.05, 3.63) is 32.8 Å². The number of nitrogen functional groups attached to an aromatic ring is 1. The molecule has 11 heteroatoms. The van der Waals surface area contributed by atoms with Gasteiger partial charge in [-0.05, 0) is 0 Å². The number of nitrogens with zero attached hydrogens (tertiary/aromatic N) is 1. The maximum absolute atomic E-state index is 11.9. The molecule has 0 aliphatic heterocycles. The summed E-state index contributed by atoms with van der Waals surface area (Å²) in [5.41, 5.74) is 5.00. The van der Waals surface area contributed by atoms with E-state index >= 15 is 0 Å². The number of carbonyl (C=O) groups excluding carboxylic acids is 1. The Morgan fingerprint density at radius 1 is 1.43 bits per heavy atom. The number of benzene rings is 1. The SMILES string of the molecule is CS(=O)(=O)NCCNC(=O)c1cc([N+](=O)[O-])cc(Cl)c1N. The van der Waals surface area contributed by atoms with Gasteiger partial charge in [0.1, 0.15) is 0 Å². The van der Waals surface area contributed by atoms with E-state index < -0.39 is 20.9 Å². The maximum Gasteiger partial charge on any atom is 0.271 e. The van der Waals surface area contributed by atoms with Crippen LogP contribution in [-0.4, -0.2) is 38.6 Å². The van der Waals surface area contributed by atoms with Gasteiger partial charge in [0, 0.05) is 25.2 Å². The van der Waals surface area contributed by atoms with Crippen LogP contribution in [0, 0.1) is 10.1 Å². The second-order valence-electron chi connectivity index (χ2n) is 4.07. The minimum atomic E-state index is -3.36. The van der Waals surface area contributed by atoms with Gasteiger partial charge in [-0.25, -0.2) is 13.1 Å². The van der Waals surface area contributed by atoms with Gasteiger partial charge in [-0.3, -0.25) is 14.9 Å². The van der Waals surface area contributed by atoms with E-state index in [1.165, 1.54) is 0 Å². The molecule has 1 aromatic carbocycles. The summed E-state index contributed by atoms with van der Waals surface area (Å²) in [6.45, 7) is -0.0290. The Bertz CT molecular complexity index is 676. The molecule has 0 heterocycles. The van der Waals surface area contributed by atoms with E-state index in [0.717, 1.165) is 18.4 Å². The number of hydrogen-bond donors (Lipinski definition) is 3. The molecule has 4 N–H and O–H groups in total. The summed E-state index contributed by atoms with van der Waals surface area (Å²) in [4.78, 5) is 21.9. The molecule has 0 radical (unpaired) electrons. The molecule has 0 spiro atoms. The number of nitro benzene ring substituents is 1. The average Bonchev–Trinajstić information content (AvgIpc) is 2.36. The van der Waals surface area contributed by atoms with Gasteiger partial charge in [-0.2, -0.15) is 0 Å². The number of sulfonamides is 1. The van der Waals surface area contributed by atoms with Gasteiger partial charge < -0.3 is 11.1 Å². The molecule has 0 saturated heterocycles. The van der Waals surface area contributed by atoms with Crippen molar-refractivity contribution in [1.29, 1.82) is 0 Å². The van der Waals surface area contributed by atoms with Crippen molar-refractivity contribution < 1.29 is 18.1 Å². The van der Waals surface area contributed by atoms with E-state index in [-0.39, 0.29) is 35.1 Å². The molecule has 116 valence electrons. The van der Waals surface area contributed by atoms with E-state index in [4.69, 9.17) is 17.3 Å². The number of nitrogens with two attached hydrogens (primary N) is 1. The predicted octanol–water partition coefficient (Wildman–Crippen LogP) is 0.109. The van der Waals surface area contributed by atoms with Crippen molar-refractivity contribution in [2.24, 2.45) is 0 Å². The topological polar surface area (TPSA) is 144 Å². The highest BCUT2D eigenvalue weighted by atomic mass is 35.5. The molecule has 1 amide bonds. The number of anilines is 1. The van der Waals surface area contributed by atoms with Crippen molar-refractivity contribution in [2.75, 3.05) is 25.1 Å². The van der Waals surface area contributed by atoms with Crippen LogP contribution in [0.1, 0.15) is 10.4 Å². The zero-order valence-electron chi connectivity index (χ0n) is 10.9. The Labute approximate surface area is 125 Å². The van der Waals surface area contributed by atoms with Gasteiger partial charge in [-0.1, -0.05) is 11.6 Å². The molecule has 9 nitrogen and oxygen atoms in total. The Balaban J connectivity index is 2.80. The lowest BCUT2D eigenvalue weighted by Crippen LogP contribution is -2.34. The van der Waals surface area contributed by atoms with E-state index in [1.54, 1.807) is 0 Å². The first-order valence-electron chi connectivity index (χ1n) is 5.58. The summed E-state index contributed by atoms with van der Waals surface area (Å²) in [7, 11) is -3.36. The number of amides is 1. The highest BCUT2D eigenvalue weighted by molar-refractivity contribution is 7.88. The number of nitrogens with one attached hydrogen (secondary N) is 2. The zero-order valence-corrected chi connectivity index (χ0v) is 12.5. The van der Waals surface area contributed by atoms with Gasteiger partial charge >= 0.3 is 0 Å². The number of nitro groups is 1. The minimum Gasteiger partial charge on any atom is -0.397 e. The second-order valence-corrected chi connectivity index (χ2v) is 6.31. The highest BCUT2D eigenvalue weighted by Crippen LogP contribution is 2.28. The summed E-state index contributed by atoms with van der Waals surface area (Å²) in [5, 5.41) is 13.0. The van der Waals surface area contributed by atoms with Crippen LogP contribution in [-0.2, 0) is 10.0 Å². The fourth-order valence-electron chi connectivity index (χ4n) is 1.40. The smallest absolute Gasteiger partial charge is 0.271 e. The molecule has 0 aliphatic carbocycles. The first kappa shape index (κ1) is 17.1. The summed E-state index contributed by atoms with van der Waals surface area (Å²) in [6, 6.07) is 2.04.